The average Bonchev–Trinajstić information content (AvgIpc) is 2.28. The van der Waals surface area contributed by atoms with E-state index in [1.807, 2.05) is 33.8 Å². The van der Waals surface area contributed by atoms with Gasteiger partial charge in [-0.25, -0.2) is 0 Å². The maximum Gasteiger partial charge on any atom is 0.118 e. The SMILES string of the molecule is C=C.CC.Cc1cc(C(C)C)c(C)cc1O. The predicted octanol–water partition coefficient (Wildman–Crippen LogP) is 4.96. The molecule has 0 aromatic heterocycles. The molecule has 16 heavy (non-hydrogen) atoms. The molecule has 0 heterocycles. The van der Waals surface area contributed by atoms with Crippen LogP contribution in [0.4, 0.5) is 0 Å². The fourth-order valence-electron chi connectivity index (χ4n) is 1.45. The molecule has 0 fully saturated rings. The van der Waals surface area contributed by atoms with E-state index in [2.05, 4.69) is 33.1 Å². The highest BCUT2D eigenvalue weighted by Crippen LogP contribution is 2.26. The van der Waals surface area contributed by atoms with Crippen LogP contribution in [-0.2, 0) is 0 Å². The van der Waals surface area contributed by atoms with E-state index in [0.717, 1.165) is 5.56 Å². The quantitative estimate of drug-likeness (QED) is 0.666. The smallest absolute Gasteiger partial charge is 0.118 e. The van der Waals surface area contributed by atoms with Crippen molar-refractivity contribution in [2.24, 2.45) is 0 Å². The Morgan fingerprint density at radius 3 is 1.81 bits per heavy atom. The lowest BCUT2D eigenvalue weighted by Crippen LogP contribution is -1.92. The molecule has 0 aliphatic heterocycles. The van der Waals surface area contributed by atoms with Crippen molar-refractivity contribution in [3.63, 3.8) is 0 Å². The second-order valence-electron chi connectivity index (χ2n) is 3.65. The summed E-state index contributed by atoms with van der Waals surface area (Å²) in [6.45, 7) is 18.3. The molecule has 1 aromatic carbocycles. The van der Waals surface area contributed by atoms with Gasteiger partial charge in [0, 0.05) is 0 Å². The first-order chi connectivity index (χ1) is 7.52. The predicted molar refractivity (Wildman–Crippen MR) is 74.3 cm³/mol. The van der Waals surface area contributed by atoms with E-state index in [0.29, 0.717) is 11.7 Å². The lowest BCUT2D eigenvalue weighted by atomic mass is 9.96. The second kappa shape index (κ2) is 9.02. The molecule has 0 saturated carbocycles. The number of hydrogen-bond donors (Lipinski definition) is 1. The molecule has 0 spiro atoms. The molecule has 0 aliphatic carbocycles. The van der Waals surface area contributed by atoms with Crippen LogP contribution in [0, 0.1) is 13.8 Å². The van der Waals surface area contributed by atoms with Crippen molar-refractivity contribution < 1.29 is 5.11 Å². The van der Waals surface area contributed by atoms with E-state index in [4.69, 9.17) is 0 Å². The van der Waals surface area contributed by atoms with E-state index in [9.17, 15) is 5.11 Å². The highest BCUT2D eigenvalue weighted by molar-refractivity contribution is 5.41. The molecule has 1 heteroatoms. The molecule has 0 atom stereocenters. The van der Waals surface area contributed by atoms with Gasteiger partial charge >= 0.3 is 0 Å². The first-order valence-electron chi connectivity index (χ1n) is 5.82. The van der Waals surface area contributed by atoms with Crippen molar-refractivity contribution in [1.82, 2.24) is 0 Å². The van der Waals surface area contributed by atoms with Gasteiger partial charge in [0.25, 0.3) is 0 Å². The zero-order chi connectivity index (χ0) is 13.3. The summed E-state index contributed by atoms with van der Waals surface area (Å²) in [5.74, 6) is 0.932. The Morgan fingerprint density at radius 2 is 1.44 bits per heavy atom. The van der Waals surface area contributed by atoms with E-state index >= 15 is 0 Å². The Morgan fingerprint density at radius 1 is 1.00 bits per heavy atom. The van der Waals surface area contributed by atoms with Gasteiger partial charge in [0.05, 0.1) is 0 Å². The van der Waals surface area contributed by atoms with Crippen molar-refractivity contribution in [2.45, 2.75) is 47.5 Å². The summed E-state index contributed by atoms with van der Waals surface area (Å²) >= 11 is 0. The molecular formula is C15H26O. The average molecular weight is 222 g/mol. The summed E-state index contributed by atoms with van der Waals surface area (Å²) in [5, 5.41) is 9.41. The Balaban J connectivity index is 0. The minimum absolute atomic E-state index is 0.400. The van der Waals surface area contributed by atoms with Crippen molar-refractivity contribution >= 4 is 0 Å². The van der Waals surface area contributed by atoms with Crippen LogP contribution in [0.3, 0.4) is 0 Å². The van der Waals surface area contributed by atoms with Gasteiger partial charge < -0.3 is 5.11 Å². The third kappa shape index (κ3) is 5.01. The second-order valence-corrected chi connectivity index (χ2v) is 3.65. The molecule has 1 aromatic rings. The number of rotatable bonds is 1. The number of aryl methyl sites for hydroxylation is 2. The lowest BCUT2D eigenvalue weighted by Gasteiger charge is -2.11. The Bertz CT molecular complexity index is 301. The maximum atomic E-state index is 9.41. The monoisotopic (exact) mass is 222 g/mol. The molecule has 0 radical (unpaired) electrons. The van der Waals surface area contributed by atoms with E-state index in [1.165, 1.54) is 11.1 Å². The van der Waals surface area contributed by atoms with Crippen molar-refractivity contribution in [3.05, 3.63) is 42.0 Å². The summed E-state index contributed by atoms with van der Waals surface area (Å²) in [7, 11) is 0. The molecule has 0 amide bonds. The third-order valence-electron chi connectivity index (χ3n) is 2.21. The van der Waals surface area contributed by atoms with Gasteiger partial charge in [-0.3, -0.25) is 0 Å². The van der Waals surface area contributed by atoms with E-state index < -0.39 is 0 Å². The van der Waals surface area contributed by atoms with Crippen LogP contribution in [0.5, 0.6) is 5.75 Å². The summed E-state index contributed by atoms with van der Waals surface area (Å²) < 4.78 is 0. The van der Waals surface area contributed by atoms with Gasteiger partial charge in [-0.15, -0.1) is 13.2 Å². The van der Waals surface area contributed by atoms with Crippen LogP contribution in [0.2, 0.25) is 0 Å². The summed E-state index contributed by atoms with van der Waals surface area (Å²) in [4.78, 5) is 0. The minimum atomic E-state index is 0.400. The first kappa shape index (κ1) is 17.2. The van der Waals surface area contributed by atoms with Gasteiger partial charge in [0.15, 0.2) is 0 Å². The lowest BCUT2D eigenvalue weighted by molar-refractivity contribution is 0.470. The fraction of sp³-hybridized carbons (Fsp3) is 0.467. The van der Waals surface area contributed by atoms with Crippen LogP contribution < -0.4 is 0 Å². The first-order valence-corrected chi connectivity index (χ1v) is 5.82. The van der Waals surface area contributed by atoms with Gasteiger partial charge in [-0.2, -0.15) is 0 Å². The van der Waals surface area contributed by atoms with Crippen LogP contribution in [0.1, 0.15) is 50.3 Å². The standard InChI is InChI=1S/C11H16O.C2H6.C2H4/c1-7(2)10-5-9(4)11(12)6-8(10)3;2*1-2/h5-7,12H,1-4H3;1-2H3;1-2H2. The van der Waals surface area contributed by atoms with Gasteiger partial charge in [-0.05, 0) is 42.5 Å². The molecule has 1 N–H and O–H groups in total. The topological polar surface area (TPSA) is 20.2 Å². The minimum Gasteiger partial charge on any atom is -0.508 e. The molecular weight excluding hydrogens is 196 g/mol. The molecule has 0 saturated heterocycles. The number of hydrogen-bond acceptors (Lipinski definition) is 1. The summed E-state index contributed by atoms with van der Waals surface area (Å²) in [6.07, 6.45) is 0. The van der Waals surface area contributed by atoms with Gasteiger partial charge in [0.2, 0.25) is 0 Å². The molecule has 1 rings (SSSR count). The Hall–Kier alpha value is -1.24. The molecule has 92 valence electrons. The fourth-order valence-corrected chi connectivity index (χ4v) is 1.45. The van der Waals surface area contributed by atoms with Crippen molar-refractivity contribution in [2.75, 3.05) is 0 Å². The molecule has 1 nitrogen and oxygen atoms in total. The normalized spacial score (nSPS) is 8.69. The zero-order valence-corrected chi connectivity index (χ0v) is 11.6. The van der Waals surface area contributed by atoms with Crippen molar-refractivity contribution in [1.29, 1.82) is 0 Å². The number of phenols is 1. The molecule has 0 unspecified atom stereocenters. The maximum absolute atomic E-state index is 9.41. The Labute approximate surface area is 101 Å². The van der Waals surface area contributed by atoms with Gasteiger partial charge in [-0.1, -0.05) is 33.8 Å². The summed E-state index contributed by atoms with van der Waals surface area (Å²) in [5.41, 5.74) is 3.46. The zero-order valence-electron chi connectivity index (χ0n) is 11.6. The largest absolute Gasteiger partial charge is 0.508 e. The van der Waals surface area contributed by atoms with E-state index in [-0.39, 0.29) is 0 Å². The van der Waals surface area contributed by atoms with Crippen LogP contribution in [-0.4, -0.2) is 5.11 Å². The van der Waals surface area contributed by atoms with Gasteiger partial charge in [0.1, 0.15) is 5.75 Å². The van der Waals surface area contributed by atoms with E-state index in [1.54, 1.807) is 0 Å². The van der Waals surface area contributed by atoms with Crippen molar-refractivity contribution in [3.8, 4) is 5.75 Å². The number of aromatic hydroxyl groups is 1. The summed E-state index contributed by atoms with van der Waals surface area (Å²) in [6, 6.07) is 3.90. The number of benzene rings is 1. The Kier molecular flexibility index (Phi) is 9.68. The highest BCUT2D eigenvalue weighted by Gasteiger charge is 2.05. The highest BCUT2D eigenvalue weighted by atomic mass is 16.3. The third-order valence-corrected chi connectivity index (χ3v) is 2.21. The molecule has 0 aliphatic rings. The van der Waals surface area contributed by atoms with Crippen LogP contribution in [0.25, 0.3) is 0 Å². The molecule has 0 bridgehead atoms. The van der Waals surface area contributed by atoms with Crippen LogP contribution in [0.15, 0.2) is 25.3 Å². The number of phenolic OH excluding ortho intramolecular Hbond substituents is 1. The van der Waals surface area contributed by atoms with Crippen LogP contribution >= 0.6 is 0 Å².